The first-order valence-electron chi connectivity index (χ1n) is 6.95. The van der Waals surface area contributed by atoms with Gasteiger partial charge in [-0.05, 0) is 32.4 Å². The molecule has 110 valence electrons. The Morgan fingerprint density at radius 1 is 1.26 bits per heavy atom. The topological polar surface area (TPSA) is 83.7 Å². The lowest BCUT2D eigenvalue weighted by Gasteiger charge is -2.46. The van der Waals surface area contributed by atoms with Crippen LogP contribution in [0.4, 0.5) is 0 Å². The van der Waals surface area contributed by atoms with E-state index in [1.807, 2.05) is 6.92 Å². The zero-order valence-electron chi connectivity index (χ0n) is 11.4. The molecule has 0 radical (unpaired) electrons. The summed E-state index contributed by atoms with van der Waals surface area (Å²) >= 11 is 0. The average Bonchev–Trinajstić information content (AvgIpc) is 2.27. The third kappa shape index (κ3) is 3.27. The molecule has 0 aromatic carbocycles. The van der Waals surface area contributed by atoms with Crippen LogP contribution in [0.3, 0.4) is 0 Å². The molecule has 2 saturated heterocycles. The number of likely N-dealkylation sites (tertiary alicyclic amines) is 1. The van der Waals surface area contributed by atoms with E-state index in [1.54, 1.807) is 4.31 Å². The van der Waals surface area contributed by atoms with Crippen molar-refractivity contribution in [1.82, 2.24) is 9.21 Å². The lowest BCUT2D eigenvalue weighted by Crippen LogP contribution is -2.62. The molecule has 2 aliphatic heterocycles. The molecule has 0 unspecified atom stereocenters. The molecule has 0 aromatic rings. The maximum Gasteiger partial charge on any atom is 0.220 e. The molecular formula is C12H23N3O3S. The highest BCUT2D eigenvalue weighted by Gasteiger charge is 2.39. The molecule has 0 aliphatic carbocycles. The van der Waals surface area contributed by atoms with E-state index in [-0.39, 0.29) is 17.6 Å². The van der Waals surface area contributed by atoms with E-state index in [0.29, 0.717) is 25.6 Å². The van der Waals surface area contributed by atoms with Gasteiger partial charge in [0.1, 0.15) is 0 Å². The molecule has 1 amide bonds. The van der Waals surface area contributed by atoms with Crippen LogP contribution in [0.1, 0.15) is 26.2 Å². The Balaban J connectivity index is 1.78. The van der Waals surface area contributed by atoms with Crippen LogP contribution in [0.15, 0.2) is 0 Å². The Hall–Kier alpha value is -0.660. The summed E-state index contributed by atoms with van der Waals surface area (Å²) in [4.78, 5) is 13.4. The van der Waals surface area contributed by atoms with Crippen LogP contribution >= 0.6 is 0 Å². The van der Waals surface area contributed by atoms with Crippen molar-refractivity contribution >= 4 is 15.9 Å². The van der Waals surface area contributed by atoms with E-state index in [1.165, 1.54) is 0 Å². The smallest absolute Gasteiger partial charge is 0.220 e. The fourth-order valence-corrected chi connectivity index (χ4v) is 4.38. The maximum atomic E-state index is 11.8. The van der Waals surface area contributed by atoms with Gasteiger partial charge in [0.2, 0.25) is 15.9 Å². The number of carbonyl (C=O) groups is 1. The van der Waals surface area contributed by atoms with Crippen molar-refractivity contribution in [1.29, 1.82) is 0 Å². The second-order valence-electron chi connectivity index (χ2n) is 5.50. The first kappa shape index (κ1) is 14.7. The largest absolute Gasteiger partial charge is 0.369 e. The van der Waals surface area contributed by atoms with Crippen LogP contribution in [0.2, 0.25) is 0 Å². The molecule has 0 bridgehead atoms. The molecule has 0 aromatic heterocycles. The molecule has 6 nitrogen and oxygen atoms in total. The Kier molecular flexibility index (Phi) is 4.47. The second-order valence-corrected chi connectivity index (χ2v) is 7.59. The van der Waals surface area contributed by atoms with Crippen molar-refractivity contribution in [2.45, 2.75) is 32.2 Å². The summed E-state index contributed by atoms with van der Waals surface area (Å²) < 4.78 is 25.2. The highest BCUT2D eigenvalue weighted by molar-refractivity contribution is 7.89. The molecule has 2 N–H and O–H groups in total. The van der Waals surface area contributed by atoms with E-state index < -0.39 is 10.0 Å². The zero-order chi connectivity index (χ0) is 14.0. The average molecular weight is 289 g/mol. The maximum absolute atomic E-state index is 11.8. The number of rotatable bonds is 5. The lowest BCUT2D eigenvalue weighted by molar-refractivity contribution is -0.123. The number of hydrogen-bond acceptors (Lipinski definition) is 4. The lowest BCUT2D eigenvalue weighted by atomic mass is 9.94. The fourth-order valence-electron chi connectivity index (χ4n) is 2.81. The molecule has 0 spiro atoms. The monoisotopic (exact) mass is 289 g/mol. The minimum Gasteiger partial charge on any atom is -0.369 e. The zero-order valence-corrected chi connectivity index (χ0v) is 12.2. The van der Waals surface area contributed by atoms with E-state index in [0.717, 1.165) is 25.9 Å². The van der Waals surface area contributed by atoms with Crippen molar-refractivity contribution < 1.29 is 13.2 Å². The minimum atomic E-state index is -3.04. The minimum absolute atomic E-state index is 0.00347. The van der Waals surface area contributed by atoms with Gasteiger partial charge in [-0.3, -0.25) is 9.69 Å². The number of nitrogens with zero attached hydrogens (tertiary/aromatic N) is 2. The third-order valence-corrected chi connectivity index (χ3v) is 6.14. The molecular weight excluding hydrogens is 266 g/mol. The Labute approximate surface area is 115 Å². The van der Waals surface area contributed by atoms with Gasteiger partial charge in [-0.15, -0.1) is 0 Å². The van der Waals surface area contributed by atoms with Gasteiger partial charge in [0.25, 0.3) is 0 Å². The summed E-state index contributed by atoms with van der Waals surface area (Å²) in [6.45, 7) is 4.77. The van der Waals surface area contributed by atoms with Gasteiger partial charge in [0.15, 0.2) is 0 Å². The molecule has 2 fully saturated rings. The Morgan fingerprint density at radius 3 is 2.32 bits per heavy atom. The highest BCUT2D eigenvalue weighted by Crippen LogP contribution is 2.24. The molecule has 0 saturated carbocycles. The van der Waals surface area contributed by atoms with Crippen LogP contribution in [0.5, 0.6) is 0 Å². The van der Waals surface area contributed by atoms with Crippen molar-refractivity contribution in [2.75, 3.05) is 31.9 Å². The number of primary amides is 1. The summed E-state index contributed by atoms with van der Waals surface area (Å²) in [6, 6.07) is 0.320. The van der Waals surface area contributed by atoms with Gasteiger partial charge >= 0.3 is 0 Å². The number of nitrogens with two attached hydrogens (primary N) is 1. The van der Waals surface area contributed by atoms with Gasteiger partial charge in [0, 0.05) is 25.0 Å². The number of sulfonamides is 1. The predicted molar refractivity (Wildman–Crippen MR) is 72.9 cm³/mol. The van der Waals surface area contributed by atoms with Gasteiger partial charge in [-0.25, -0.2) is 8.42 Å². The van der Waals surface area contributed by atoms with Gasteiger partial charge < -0.3 is 5.73 Å². The molecule has 2 heterocycles. The number of hydrogen-bond donors (Lipinski definition) is 1. The summed E-state index contributed by atoms with van der Waals surface area (Å²) in [5.41, 5.74) is 5.30. The van der Waals surface area contributed by atoms with E-state index in [4.69, 9.17) is 5.73 Å². The first-order valence-corrected chi connectivity index (χ1v) is 8.56. The molecule has 7 heteroatoms. The number of amides is 1. The first-order chi connectivity index (χ1) is 8.94. The van der Waals surface area contributed by atoms with E-state index in [2.05, 4.69) is 4.90 Å². The van der Waals surface area contributed by atoms with E-state index >= 15 is 0 Å². The van der Waals surface area contributed by atoms with Gasteiger partial charge in [-0.1, -0.05) is 6.92 Å². The summed E-state index contributed by atoms with van der Waals surface area (Å²) in [5, 5.41) is 0. The Bertz CT molecular complexity index is 424. The van der Waals surface area contributed by atoms with Crippen LogP contribution < -0.4 is 5.73 Å². The standard InChI is InChI=1S/C12H23N3O3S/c1-2-7-19(17,18)15-8-11(9-15)14-5-3-10(4-6-14)12(13)16/h10-11H,2-9H2,1H3,(H2,13,16). The van der Waals surface area contributed by atoms with Crippen molar-refractivity contribution in [3.63, 3.8) is 0 Å². The van der Waals surface area contributed by atoms with Crippen LogP contribution in [0, 0.1) is 5.92 Å². The summed E-state index contributed by atoms with van der Waals surface area (Å²) in [7, 11) is -3.04. The fraction of sp³-hybridized carbons (Fsp3) is 0.917. The van der Waals surface area contributed by atoms with E-state index in [9.17, 15) is 13.2 Å². The van der Waals surface area contributed by atoms with Gasteiger partial charge in [-0.2, -0.15) is 4.31 Å². The normalized spacial score (nSPS) is 24.3. The number of piperidine rings is 1. The quantitative estimate of drug-likeness (QED) is 0.747. The predicted octanol–water partition coefficient (Wildman–Crippen LogP) is -0.392. The van der Waals surface area contributed by atoms with Gasteiger partial charge in [0.05, 0.1) is 5.75 Å². The SMILES string of the molecule is CCCS(=O)(=O)N1CC(N2CCC(C(N)=O)CC2)C1. The molecule has 2 rings (SSSR count). The summed E-state index contributed by atoms with van der Waals surface area (Å²) in [6.07, 6.45) is 2.26. The molecule has 2 aliphatic rings. The van der Waals surface area contributed by atoms with Crippen molar-refractivity contribution in [3.05, 3.63) is 0 Å². The summed E-state index contributed by atoms with van der Waals surface area (Å²) in [5.74, 6) is 0.0281. The van der Waals surface area contributed by atoms with Crippen LogP contribution in [-0.4, -0.2) is 61.5 Å². The van der Waals surface area contributed by atoms with Crippen molar-refractivity contribution in [2.24, 2.45) is 11.7 Å². The van der Waals surface area contributed by atoms with Crippen molar-refractivity contribution in [3.8, 4) is 0 Å². The molecule has 19 heavy (non-hydrogen) atoms. The third-order valence-electron chi connectivity index (χ3n) is 4.13. The molecule has 0 atom stereocenters. The van der Waals surface area contributed by atoms with Crippen LogP contribution in [-0.2, 0) is 14.8 Å². The second kappa shape index (κ2) is 5.76. The number of carbonyl (C=O) groups excluding carboxylic acids is 1. The highest BCUT2D eigenvalue weighted by atomic mass is 32.2. The van der Waals surface area contributed by atoms with Crippen LogP contribution in [0.25, 0.3) is 0 Å². The Morgan fingerprint density at radius 2 is 1.84 bits per heavy atom.